The second kappa shape index (κ2) is 7.36. The van der Waals surface area contributed by atoms with E-state index >= 15 is 0 Å². The van der Waals surface area contributed by atoms with Gasteiger partial charge in [-0.1, -0.05) is 12.1 Å². The topological polar surface area (TPSA) is 57.6 Å². The predicted octanol–water partition coefficient (Wildman–Crippen LogP) is 2.25. The number of hydrogen-bond donors (Lipinski definition) is 1. The van der Waals surface area contributed by atoms with Gasteiger partial charge >= 0.3 is 5.97 Å². The lowest BCUT2D eigenvalue weighted by Gasteiger charge is -2.15. The Morgan fingerprint density at radius 3 is 2.67 bits per heavy atom. The molecule has 4 nitrogen and oxygen atoms in total. The normalized spacial score (nSPS) is 17.4. The van der Waals surface area contributed by atoms with Gasteiger partial charge < -0.3 is 10.0 Å². The van der Waals surface area contributed by atoms with E-state index in [1.165, 1.54) is 17.0 Å². The number of carbonyl (C=O) groups excluding carboxylic acids is 1. The Morgan fingerprint density at radius 2 is 2.05 bits per heavy atom. The van der Waals surface area contributed by atoms with Crippen LogP contribution in [-0.4, -0.2) is 35.0 Å². The van der Waals surface area contributed by atoms with Gasteiger partial charge in [-0.05, 0) is 24.5 Å². The average molecular weight is 320 g/mol. The number of carboxylic acid groups (broad SMARTS) is 1. The number of halogens is 3. The third kappa shape index (κ3) is 4.14. The van der Waals surface area contributed by atoms with Crippen LogP contribution in [0.25, 0.3) is 0 Å². The smallest absolute Gasteiger partial charge is 0.308 e. The van der Waals surface area contributed by atoms with E-state index in [1.54, 1.807) is 0 Å². The minimum Gasteiger partial charge on any atom is -0.481 e. The summed E-state index contributed by atoms with van der Waals surface area (Å²) in [7, 11) is 0. The van der Waals surface area contributed by atoms with Gasteiger partial charge in [0, 0.05) is 19.5 Å². The molecule has 0 bridgehead atoms. The first kappa shape index (κ1) is 17.4. The van der Waals surface area contributed by atoms with Crippen LogP contribution in [0.3, 0.4) is 0 Å². The van der Waals surface area contributed by atoms with E-state index < -0.39 is 23.5 Å². The molecule has 1 fully saturated rings. The molecule has 0 spiro atoms. The summed E-state index contributed by atoms with van der Waals surface area (Å²) in [6.45, 7) is 0.598. The number of carbonyl (C=O) groups is 2. The number of likely N-dealkylation sites (tertiary alicyclic amines) is 1. The fraction of sp³-hybridized carbons (Fsp3) is 0.429. The number of nitrogens with zero attached hydrogens (tertiary/aromatic N) is 1. The Bertz CT molecular complexity index is 539. The van der Waals surface area contributed by atoms with E-state index in [9.17, 15) is 18.4 Å². The van der Waals surface area contributed by atoms with Crippen molar-refractivity contribution in [2.45, 2.75) is 19.3 Å². The first-order valence-corrected chi connectivity index (χ1v) is 6.42. The fourth-order valence-electron chi connectivity index (χ4n) is 2.33. The summed E-state index contributed by atoms with van der Waals surface area (Å²) >= 11 is 0. The van der Waals surface area contributed by atoms with Crippen LogP contribution in [0.1, 0.15) is 18.4 Å². The van der Waals surface area contributed by atoms with Crippen molar-refractivity contribution >= 4 is 24.3 Å². The summed E-state index contributed by atoms with van der Waals surface area (Å²) in [4.78, 5) is 24.2. The highest BCUT2D eigenvalue weighted by Crippen LogP contribution is 2.19. The molecule has 1 heterocycles. The lowest BCUT2D eigenvalue weighted by atomic mass is 10.1. The number of rotatable bonds is 4. The Morgan fingerprint density at radius 1 is 1.33 bits per heavy atom. The van der Waals surface area contributed by atoms with Crippen molar-refractivity contribution in [3.63, 3.8) is 0 Å². The van der Waals surface area contributed by atoms with Crippen LogP contribution in [0.4, 0.5) is 8.78 Å². The van der Waals surface area contributed by atoms with Crippen LogP contribution in [0.5, 0.6) is 0 Å². The van der Waals surface area contributed by atoms with Gasteiger partial charge in [0.2, 0.25) is 5.91 Å². The molecule has 21 heavy (non-hydrogen) atoms. The van der Waals surface area contributed by atoms with Gasteiger partial charge in [0.05, 0.1) is 5.92 Å². The highest BCUT2D eigenvalue weighted by atomic mass is 35.5. The number of aryl methyl sites for hydroxylation is 1. The van der Waals surface area contributed by atoms with Gasteiger partial charge in [0.25, 0.3) is 0 Å². The molecule has 1 amide bonds. The van der Waals surface area contributed by atoms with Crippen LogP contribution in [0.2, 0.25) is 0 Å². The molecule has 1 atom stereocenters. The molecule has 2 rings (SSSR count). The standard InChI is InChI=1S/C14H15F2NO3.ClH/c15-11-3-1-2-9(13(11)16)4-5-12(18)17-7-6-10(8-17)14(19)20;/h1-3,10H,4-8H2,(H,19,20);1H. The van der Waals surface area contributed by atoms with E-state index in [-0.39, 0.29) is 43.3 Å². The summed E-state index contributed by atoms with van der Waals surface area (Å²) < 4.78 is 26.4. The molecule has 0 aromatic heterocycles. The molecule has 1 aromatic carbocycles. The molecule has 1 saturated heterocycles. The molecular weight excluding hydrogens is 304 g/mol. The van der Waals surface area contributed by atoms with E-state index in [0.29, 0.717) is 13.0 Å². The molecule has 1 N–H and O–H groups in total. The van der Waals surface area contributed by atoms with Gasteiger partial charge in [0.15, 0.2) is 11.6 Å². The molecule has 0 radical (unpaired) electrons. The third-order valence-corrected chi connectivity index (χ3v) is 3.53. The Hall–Kier alpha value is -1.69. The third-order valence-electron chi connectivity index (χ3n) is 3.53. The van der Waals surface area contributed by atoms with Gasteiger partial charge in [0.1, 0.15) is 0 Å². The van der Waals surface area contributed by atoms with Gasteiger partial charge in [-0.2, -0.15) is 0 Å². The highest BCUT2D eigenvalue weighted by molar-refractivity contribution is 5.85. The Balaban J connectivity index is 0.00000220. The van der Waals surface area contributed by atoms with Crippen LogP contribution in [0.15, 0.2) is 18.2 Å². The largest absolute Gasteiger partial charge is 0.481 e. The first-order chi connectivity index (χ1) is 9.49. The SMILES string of the molecule is Cl.O=C(O)C1CCN(C(=O)CCc2cccc(F)c2F)C1. The molecule has 1 aromatic rings. The van der Waals surface area contributed by atoms with Crippen LogP contribution < -0.4 is 0 Å². The monoisotopic (exact) mass is 319 g/mol. The first-order valence-electron chi connectivity index (χ1n) is 6.42. The summed E-state index contributed by atoms with van der Waals surface area (Å²) in [5.74, 6) is -3.51. The number of carboxylic acids is 1. The second-order valence-electron chi connectivity index (χ2n) is 4.88. The zero-order valence-electron chi connectivity index (χ0n) is 11.2. The van der Waals surface area contributed by atoms with Crippen molar-refractivity contribution in [3.8, 4) is 0 Å². The molecule has 1 unspecified atom stereocenters. The maximum Gasteiger partial charge on any atom is 0.308 e. The van der Waals surface area contributed by atoms with Crippen LogP contribution in [0, 0.1) is 17.6 Å². The van der Waals surface area contributed by atoms with E-state index in [4.69, 9.17) is 5.11 Å². The minimum absolute atomic E-state index is 0. The quantitative estimate of drug-likeness (QED) is 0.926. The highest BCUT2D eigenvalue weighted by Gasteiger charge is 2.30. The van der Waals surface area contributed by atoms with Crippen molar-refractivity contribution in [3.05, 3.63) is 35.4 Å². The molecule has 1 aliphatic heterocycles. The van der Waals surface area contributed by atoms with Crippen molar-refractivity contribution < 1.29 is 23.5 Å². The van der Waals surface area contributed by atoms with E-state index in [0.717, 1.165) is 6.07 Å². The minimum atomic E-state index is -0.929. The Labute approximate surface area is 127 Å². The average Bonchev–Trinajstić information content (AvgIpc) is 2.90. The van der Waals surface area contributed by atoms with Crippen molar-refractivity contribution in [1.29, 1.82) is 0 Å². The molecule has 0 aliphatic carbocycles. The van der Waals surface area contributed by atoms with Crippen LogP contribution in [-0.2, 0) is 16.0 Å². The number of aliphatic carboxylic acids is 1. The van der Waals surface area contributed by atoms with E-state index in [1.807, 2.05) is 0 Å². The van der Waals surface area contributed by atoms with E-state index in [2.05, 4.69) is 0 Å². The molecule has 116 valence electrons. The summed E-state index contributed by atoms with van der Waals surface area (Å²) in [5.41, 5.74) is 0.160. The Kier molecular flexibility index (Phi) is 6.08. The van der Waals surface area contributed by atoms with Gasteiger partial charge in [-0.3, -0.25) is 9.59 Å². The number of benzene rings is 1. The maximum atomic E-state index is 13.4. The maximum absolute atomic E-state index is 13.4. The number of amides is 1. The summed E-state index contributed by atoms with van der Waals surface area (Å²) in [6, 6.07) is 3.86. The molecular formula is C14H16ClF2NO3. The van der Waals surface area contributed by atoms with Crippen LogP contribution >= 0.6 is 12.4 Å². The lowest BCUT2D eigenvalue weighted by molar-refractivity contribution is -0.141. The molecule has 0 saturated carbocycles. The second-order valence-corrected chi connectivity index (χ2v) is 4.88. The molecule has 7 heteroatoms. The number of hydrogen-bond acceptors (Lipinski definition) is 2. The van der Waals surface area contributed by atoms with Crippen molar-refractivity contribution in [1.82, 2.24) is 4.90 Å². The van der Waals surface area contributed by atoms with Gasteiger partial charge in [-0.15, -0.1) is 12.4 Å². The summed E-state index contributed by atoms with van der Waals surface area (Å²) in [5, 5.41) is 8.86. The van der Waals surface area contributed by atoms with Gasteiger partial charge in [-0.25, -0.2) is 8.78 Å². The lowest BCUT2D eigenvalue weighted by Crippen LogP contribution is -2.30. The summed E-state index contributed by atoms with van der Waals surface area (Å²) in [6.07, 6.45) is 0.596. The zero-order chi connectivity index (χ0) is 14.7. The van der Waals surface area contributed by atoms with Crippen molar-refractivity contribution in [2.75, 3.05) is 13.1 Å². The fourth-order valence-corrected chi connectivity index (χ4v) is 2.33. The predicted molar refractivity (Wildman–Crippen MR) is 74.2 cm³/mol. The van der Waals surface area contributed by atoms with Crippen molar-refractivity contribution in [2.24, 2.45) is 5.92 Å². The molecule has 1 aliphatic rings. The zero-order valence-corrected chi connectivity index (χ0v) is 12.0.